The zero-order valence-electron chi connectivity index (χ0n) is 25.3. The third-order valence-electron chi connectivity index (χ3n) is 7.12. The van der Waals surface area contributed by atoms with Crippen molar-refractivity contribution in [3.8, 4) is 11.5 Å². The van der Waals surface area contributed by atoms with Gasteiger partial charge in [-0.1, -0.05) is 92.1 Å². The molecule has 226 valence electrons. The Balaban J connectivity index is 1.19. The molecule has 1 saturated carbocycles. The number of aliphatic hydroxyl groups is 1. The van der Waals surface area contributed by atoms with Crippen LogP contribution in [0.2, 0.25) is 0 Å². The molecule has 1 aliphatic rings. The number of carbonyl (C=O) groups excluding carboxylic acids is 1. The second kappa shape index (κ2) is 15.8. The molecule has 0 aliphatic heterocycles. The molecule has 0 bridgehead atoms. The summed E-state index contributed by atoms with van der Waals surface area (Å²) in [4.78, 5) is 12.4. The molecular weight excluding hydrogens is 540 g/mol. The Hall–Kier alpha value is -4.29. The summed E-state index contributed by atoms with van der Waals surface area (Å²) in [5.41, 5.74) is 3.18. The highest BCUT2D eigenvalue weighted by molar-refractivity contribution is 5.65. The van der Waals surface area contributed by atoms with Gasteiger partial charge in [-0.05, 0) is 86.2 Å². The molecule has 3 aromatic carbocycles. The van der Waals surface area contributed by atoms with Gasteiger partial charge in [0.2, 0.25) is 0 Å². The Morgan fingerprint density at radius 3 is 1.93 bits per heavy atom. The molecule has 1 fully saturated rings. The van der Waals surface area contributed by atoms with E-state index in [-0.39, 0.29) is 6.29 Å². The van der Waals surface area contributed by atoms with Gasteiger partial charge in [-0.3, -0.25) is 0 Å². The van der Waals surface area contributed by atoms with Crippen molar-refractivity contribution < 1.29 is 28.8 Å². The average molecular weight is 583 g/mol. The molecule has 0 heterocycles. The lowest BCUT2D eigenvalue weighted by Gasteiger charge is -2.26. The summed E-state index contributed by atoms with van der Waals surface area (Å²) < 4.78 is 23.0. The number of hydrogen-bond acceptors (Lipinski definition) is 6. The van der Waals surface area contributed by atoms with E-state index >= 15 is 0 Å². The number of benzene rings is 3. The van der Waals surface area contributed by atoms with Crippen molar-refractivity contribution in [1.82, 2.24) is 0 Å². The quantitative estimate of drug-likeness (QED) is 0.0754. The van der Waals surface area contributed by atoms with Gasteiger partial charge in [-0.2, -0.15) is 0 Å². The first-order valence-corrected chi connectivity index (χ1v) is 15.0. The Morgan fingerprint density at radius 2 is 1.35 bits per heavy atom. The lowest BCUT2D eigenvalue weighted by atomic mass is 9.97. The van der Waals surface area contributed by atoms with Crippen LogP contribution in [0.3, 0.4) is 0 Å². The van der Waals surface area contributed by atoms with Gasteiger partial charge in [0, 0.05) is 6.42 Å². The van der Waals surface area contributed by atoms with Crippen LogP contribution in [-0.4, -0.2) is 29.3 Å². The van der Waals surface area contributed by atoms with Gasteiger partial charge in [0.25, 0.3) is 0 Å². The summed E-state index contributed by atoms with van der Waals surface area (Å²) in [5, 5.41) is 8.89. The third-order valence-corrected chi connectivity index (χ3v) is 7.12. The predicted molar refractivity (Wildman–Crippen MR) is 172 cm³/mol. The third kappa shape index (κ3) is 11.1. The molecular formula is C37H42O6. The number of allylic oxidation sites excluding steroid dienone is 2. The number of carbonyl (C=O) groups is 1. The van der Waals surface area contributed by atoms with E-state index < -0.39 is 11.8 Å². The van der Waals surface area contributed by atoms with Gasteiger partial charge in [-0.25, -0.2) is 4.79 Å². The smallest absolute Gasteiger partial charge is 0.514 e. The van der Waals surface area contributed by atoms with Crippen LogP contribution in [0.25, 0.3) is 18.2 Å². The second-order valence-corrected chi connectivity index (χ2v) is 11.4. The minimum absolute atomic E-state index is 0.257. The molecule has 6 heteroatoms. The zero-order chi connectivity index (χ0) is 30.5. The molecule has 0 radical (unpaired) electrons. The van der Waals surface area contributed by atoms with E-state index in [1.807, 2.05) is 106 Å². The lowest BCUT2D eigenvalue weighted by molar-refractivity contribution is -0.116. The van der Waals surface area contributed by atoms with Gasteiger partial charge >= 0.3 is 6.16 Å². The SMILES string of the molecule is CC(Oc1ccc(C=CC=Cc2ccc(OC(=O)OC(C)(C)Cc3ccc(C=CO)cc3)cc2)cc1)OC1CCCCC1. The molecule has 6 nitrogen and oxygen atoms in total. The molecule has 0 saturated heterocycles. The summed E-state index contributed by atoms with van der Waals surface area (Å²) in [7, 11) is 0. The van der Waals surface area contributed by atoms with Gasteiger partial charge in [0.1, 0.15) is 17.1 Å². The van der Waals surface area contributed by atoms with Crippen molar-refractivity contribution in [2.75, 3.05) is 0 Å². The highest BCUT2D eigenvalue weighted by Crippen LogP contribution is 2.24. The molecule has 0 amide bonds. The summed E-state index contributed by atoms with van der Waals surface area (Å²) in [6.45, 7) is 5.64. The maximum atomic E-state index is 12.4. The summed E-state index contributed by atoms with van der Waals surface area (Å²) in [6.07, 6.45) is 16.4. The van der Waals surface area contributed by atoms with Crippen LogP contribution in [0.4, 0.5) is 4.79 Å². The van der Waals surface area contributed by atoms with E-state index in [4.69, 9.17) is 24.1 Å². The van der Waals surface area contributed by atoms with Crippen LogP contribution in [0.1, 0.15) is 75.1 Å². The molecule has 0 spiro atoms. The largest absolute Gasteiger partial charge is 0.516 e. The molecule has 1 atom stereocenters. The van der Waals surface area contributed by atoms with Crippen molar-refractivity contribution in [2.24, 2.45) is 0 Å². The van der Waals surface area contributed by atoms with E-state index in [1.54, 1.807) is 18.2 Å². The van der Waals surface area contributed by atoms with Crippen molar-refractivity contribution >= 4 is 24.4 Å². The zero-order valence-corrected chi connectivity index (χ0v) is 25.3. The Morgan fingerprint density at radius 1 is 0.814 bits per heavy atom. The molecule has 1 N–H and O–H groups in total. The molecule has 4 rings (SSSR count). The summed E-state index contributed by atoms with van der Waals surface area (Å²) in [6, 6.07) is 22.9. The molecule has 1 aliphatic carbocycles. The Labute approximate surface area is 255 Å². The summed E-state index contributed by atoms with van der Waals surface area (Å²) >= 11 is 0. The standard InChI is InChI=1S/C37H42O6/c1-28(40-33-11-5-4-6-12-33)41-34-21-17-29(18-22-34)9-7-8-10-30-19-23-35(24-20-30)42-36(39)43-37(2,3)27-32-15-13-31(14-16-32)25-26-38/h7-10,13-26,28,33,38H,4-6,11-12,27H2,1-3H3. The fourth-order valence-electron chi connectivity index (χ4n) is 5.03. The van der Waals surface area contributed by atoms with Crippen LogP contribution in [0.5, 0.6) is 11.5 Å². The van der Waals surface area contributed by atoms with Crippen molar-refractivity contribution in [1.29, 1.82) is 0 Å². The highest BCUT2D eigenvalue weighted by atomic mass is 16.7. The van der Waals surface area contributed by atoms with Crippen LogP contribution in [-0.2, 0) is 15.9 Å². The Bertz CT molecular complexity index is 1360. The predicted octanol–water partition coefficient (Wildman–Crippen LogP) is 9.55. The number of hydrogen-bond donors (Lipinski definition) is 1. The monoisotopic (exact) mass is 582 g/mol. The Kier molecular flexibility index (Phi) is 11.6. The topological polar surface area (TPSA) is 74.2 Å². The number of aliphatic hydroxyl groups excluding tert-OH is 1. The van der Waals surface area contributed by atoms with Crippen LogP contribution < -0.4 is 9.47 Å². The fraction of sp³-hybridized carbons (Fsp3) is 0.324. The van der Waals surface area contributed by atoms with Gasteiger partial charge in [-0.15, -0.1) is 0 Å². The van der Waals surface area contributed by atoms with E-state index in [9.17, 15) is 4.79 Å². The van der Waals surface area contributed by atoms with Gasteiger partial charge in [0.15, 0.2) is 6.29 Å². The van der Waals surface area contributed by atoms with Crippen molar-refractivity contribution in [2.45, 2.75) is 77.3 Å². The van der Waals surface area contributed by atoms with Crippen molar-refractivity contribution in [3.63, 3.8) is 0 Å². The number of ether oxygens (including phenoxy) is 4. The van der Waals surface area contributed by atoms with E-state index in [2.05, 4.69) is 0 Å². The normalized spacial score (nSPS) is 15.2. The molecule has 3 aromatic rings. The van der Waals surface area contributed by atoms with Gasteiger partial charge in [0.05, 0.1) is 12.4 Å². The second-order valence-electron chi connectivity index (χ2n) is 11.4. The first-order chi connectivity index (χ1) is 20.8. The number of rotatable bonds is 12. The van der Waals surface area contributed by atoms with Crippen LogP contribution in [0, 0.1) is 0 Å². The minimum atomic E-state index is -0.755. The average Bonchev–Trinajstić information content (AvgIpc) is 2.98. The molecule has 0 aromatic heterocycles. The van der Waals surface area contributed by atoms with E-state index in [0.717, 1.165) is 47.1 Å². The minimum Gasteiger partial charge on any atom is -0.516 e. The molecule has 43 heavy (non-hydrogen) atoms. The van der Waals surface area contributed by atoms with Gasteiger partial charge < -0.3 is 24.1 Å². The highest BCUT2D eigenvalue weighted by Gasteiger charge is 2.25. The van der Waals surface area contributed by atoms with Crippen molar-refractivity contribution in [3.05, 3.63) is 113 Å². The van der Waals surface area contributed by atoms with E-state index in [1.165, 1.54) is 19.3 Å². The first-order valence-electron chi connectivity index (χ1n) is 15.0. The van der Waals surface area contributed by atoms with E-state index in [0.29, 0.717) is 18.3 Å². The fourth-order valence-corrected chi connectivity index (χ4v) is 5.03. The maximum absolute atomic E-state index is 12.4. The first kappa shape index (κ1) is 31.6. The molecule has 1 unspecified atom stereocenters. The lowest BCUT2D eigenvalue weighted by Crippen LogP contribution is -2.32. The summed E-state index contributed by atoms with van der Waals surface area (Å²) in [5.74, 6) is 1.21. The van der Waals surface area contributed by atoms with Crippen LogP contribution >= 0.6 is 0 Å². The maximum Gasteiger partial charge on any atom is 0.514 e. The van der Waals surface area contributed by atoms with Crippen LogP contribution in [0.15, 0.2) is 91.2 Å².